The molecule has 1 nitrogen and oxygen atoms in total. The number of hydrogen-bond acceptors (Lipinski definition) is 1. The molecule has 0 fully saturated rings. The lowest BCUT2D eigenvalue weighted by Crippen LogP contribution is -1.88. The van der Waals surface area contributed by atoms with Crippen molar-refractivity contribution >= 4 is 17.3 Å². The van der Waals surface area contributed by atoms with Gasteiger partial charge in [0.15, 0.2) is 0 Å². The summed E-state index contributed by atoms with van der Waals surface area (Å²) >= 11 is 5.42. The van der Waals surface area contributed by atoms with E-state index in [1.54, 1.807) is 6.20 Å². The first-order valence-corrected chi connectivity index (χ1v) is 4.38. The Balaban J connectivity index is -0.000000175. The number of aliphatic imine (C=N–C) groups is 1. The van der Waals surface area contributed by atoms with Crippen molar-refractivity contribution in [1.29, 1.82) is 0 Å². The van der Waals surface area contributed by atoms with Crippen LogP contribution in [0.25, 0.3) is 0 Å². The molecule has 0 atom stereocenters. The maximum Gasteiger partial charge on any atom is 0.0605 e. The van der Waals surface area contributed by atoms with Crippen molar-refractivity contribution in [2.75, 3.05) is 5.88 Å². The van der Waals surface area contributed by atoms with Gasteiger partial charge in [0.05, 0.1) is 5.88 Å². The Labute approximate surface area is 81.5 Å². The Morgan fingerprint density at radius 3 is 2.08 bits per heavy atom. The quantitative estimate of drug-likeness (QED) is 0.357. The van der Waals surface area contributed by atoms with Crippen molar-refractivity contribution in [3.05, 3.63) is 12.3 Å². The first-order chi connectivity index (χ1) is 5.81. The summed E-state index contributed by atoms with van der Waals surface area (Å²) < 4.78 is 0. The Morgan fingerprint density at radius 2 is 1.83 bits per heavy atom. The van der Waals surface area contributed by atoms with E-state index in [9.17, 15) is 0 Å². The summed E-state index contributed by atoms with van der Waals surface area (Å²) in [6.07, 6.45) is 11.6. The van der Waals surface area contributed by atoms with E-state index in [0.29, 0.717) is 5.88 Å². The Kier molecular flexibility index (Phi) is 32.5. The smallest absolute Gasteiger partial charge is 0.0605 e. The monoisotopic (exact) mass is 187 g/mol. The molecule has 0 bridgehead atoms. The van der Waals surface area contributed by atoms with Gasteiger partial charge in [-0.05, 0) is 13.8 Å². The SMILES string of the molecule is C#C.C/C=C\N=C(C)CCl.CC. The number of rotatable bonds is 2. The van der Waals surface area contributed by atoms with Gasteiger partial charge in [-0.1, -0.05) is 19.9 Å². The highest BCUT2D eigenvalue weighted by Crippen LogP contribution is 1.82. The topological polar surface area (TPSA) is 12.4 Å². The maximum absolute atomic E-state index is 5.42. The highest BCUT2D eigenvalue weighted by Gasteiger charge is 1.79. The first kappa shape index (κ1) is 17.4. The van der Waals surface area contributed by atoms with Crippen molar-refractivity contribution < 1.29 is 0 Å². The largest absolute Gasteiger partial charge is 0.265 e. The second-order valence-electron chi connectivity index (χ2n) is 1.48. The molecule has 0 aliphatic carbocycles. The number of hydrogen-bond donors (Lipinski definition) is 0. The fourth-order valence-corrected chi connectivity index (χ4v) is 0.305. The van der Waals surface area contributed by atoms with Crippen LogP contribution in [-0.2, 0) is 0 Å². The highest BCUT2D eigenvalue weighted by molar-refractivity contribution is 6.28. The highest BCUT2D eigenvalue weighted by atomic mass is 35.5. The molecule has 0 aliphatic rings. The van der Waals surface area contributed by atoms with Gasteiger partial charge in [-0.25, -0.2) is 0 Å². The zero-order valence-electron chi connectivity index (χ0n) is 8.34. The van der Waals surface area contributed by atoms with Crippen LogP contribution in [0.5, 0.6) is 0 Å². The summed E-state index contributed by atoms with van der Waals surface area (Å²) in [6, 6.07) is 0. The van der Waals surface area contributed by atoms with Crippen LogP contribution in [0.1, 0.15) is 27.7 Å². The van der Waals surface area contributed by atoms with Crippen molar-refractivity contribution in [1.82, 2.24) is 0 Å². The van der Waals surface area contributed by atoms with E-state index < -0.39 is 0 Å². The molecule has 0 unspecified atom stereocenters. The number of halogens is 1. The molecule has 0 radical (unpaired) electrons. The third-order valence-corrected chi connectivity index (χ3v) is 1.02. The molecule has 0 rings (SSSR count). The molecule has 12 heavy (non-hydrogen) atoms. The molecule has 0 aliphatic heterocycles. The van der Waals surface area contributed by atoms with E-state index in [2.05, 4.69) is 17.8 Å². The number of alkyl halides is 1. The van der Waals surface area contributed by atoms with Crippen LogP contribution in [-0.4, -0.2) is 11.6 Å². The minimum atomic E-state index is 0.518. The van der Waals surface area contributed by atoms with Gasteiger partial charge in [-0.2, -0.15) is 0 Å². The summed E-state index contributed by atoms with van der Waals surface area (Å²) in [5, 5.41) is 0. The zero-order valence-corrected chi connectivity index (χ0v) is 9.10. The van der Waals surface area contributed by atoms with Crippen LogP contribution in [0.4, 0.5) is 0 Å². The lowest BCUT2D eigenvalue weighted by Gasteiger charge is -1.84. The molecule has 2 heteroatoms. The molecule has 0 saturated carbocycles. The summed E-state index contributed by atoms with van der Waals surface area (Å²) in [5.74, 6) is 0.518. The molecular weight excluding hydrogens is 170 g/mol. The number of nitrogens with zero attached hydrogens (tertiary/aromatic N) is 1. The van der Waals surface area contributed by atoms with E-state index in [1.807, 2.05) is 33.8 Å². The van der Waals surface area contributed by atoms with Crippen LogP contribution in [0.2, 0.25) is 0 Å². The van der Waals surface area contributed by atoms with Gasteiger partial charge < -0.3 is 0 Å². The Hall–Kier alpha value is -0.740. The van der Waals surface area contributed by atoms with Crippen molar-refractivity contribution in [3.8, 4) is 12.8 Å². The molecular formula is C10H18ClN. The predicted octanol–water partition coefficient (Wildman–Crippen LogP) is 3.50. The van der Waals surface area contributed by atoms with Gasteiger partial charge in [0.25, 0.3) is 0 Å². The van der Waals surface area contributed by atoms with Gasteiger partial charge in [0.2, 0.25) is 0 Å². The third-order valence-electron chi connectivity index (χ3n) is 0.637. The summed E-state index contributed by atoms with van der Waals surface area (Å²) in [4.78, 5) is 3.97. The van der Waals surface area contributed by atoms with Crippen LogP contribution in [0, 0.1) is 12.8 Å². The molecule has 0 saturated heterocycles. The van der Waals surface area contributed by atoms with E-state index >= 15 is 0 Å². The molecule has 0 aromatic carbocycles. The normalized spacial score (nSPS) is 9.42. The second kappa shape index (κ2) is 22.5. The van der Waals surface area contributed by atoms with E-state index in [-0.39, 0.29) is 0 Å². The molecule has 0 N–H and O–H groups in total. The van der Waals surface area contributed by atoms with Gasteiger partial charge in [0.1, 0.15) is 0 Å². The minimum absolute atomic E-state index is 0.518. The van der Waals surface area contributed by atoms with Crippen molar-refractivity contribution in [3.63, 3.8) is 0 Å². The molecule has 0 heterocycles. The van der Waals surface area contributed by atoms with Gasteiger partial charge in [-0.3, -0.25) is 4.99 Å². The minimum Gasteiger partial charge on any atom is -0.265 e. The van der Waals surface area contributed by atoms with Crippen LogP contribution < -0.4 is 0 Å². The Bertz CT molecular complexity index is 134. The number of terminal acetylenes is 1. The molecule has 70 valence electrons. The van der Waals surface area contributed by atoms with E-state index in [1.165, 1.54) is 0 Å². The first-order valence-electron chi connectivity index (χ1n) is 3.85. The Morgan fingerprint density at radius 1 is 1.42 bits per heavy atom. The van der Waals surface area contributed by atoms with Crippen molar-refractivity contribution in [2.24, 2.45) is 4.99 Å². The maximum atomic E-state index is 5.42. The molecule has 0 amide bonds. The third kappa shape index (κ3) is 22.8. The average molecular weight is 188 g/mol. The van der Waals surface area contributed by atoms with Crippen LogP contribution in [0.15, 0.2) is 17.3 Å². The van der Waals surface area contributed by atoms with Gasteiger partial charge in [-0.15, -0.1) is 24.4 Å². The number of allylic oxidation sites excluding steroid dienone is 1. The van der Waals surface area contributed by atoms with Crippen LogP contribution in [0.3, 0.4) is 0 Å². The van der Waals surface area contributed by atoms with Crippen LogP contribution >= 0.6 is 11.6 Å². The fourth-order valence-electron chi connectivity index (χ4n) is 0.236. The zero-order chi connectivity index (χ0) is 10.4. The van der Waals surface area contributed by atoms with E-state index in [4.69, 9.17) is 11.6 Å². The fraction of sp³-hybridized carbons (Fsp3) is 0.500. The standard InChI is InChI=1S/C6H10ClN.C2H6.C2H2/c1-3-4-8-6(2)5-7;2*1-2/h3-4H,5H2,1-2H3;1-2H3;1-2H/b4-3-,8-6?;;. The lowest BCUT2D eigenvalue weighted by atomic mass is 10.5. The van der Waals surface area contributed by atoms with Gasteiger partial charge in [0, 0.05) is 11.9 Å². The van der Waals surface area contributed by atoms with Crippen molar-refractivity contribution in [2.45, 2.75) is 27.7 Å². The second-order valence-corrected chi connectivity index (χ2v) is 1.75. The average Bonchev–Trinajstić information content (AvgIpc) is 2.20. The summed E-state index contributed by atoms with van der Waals surface area (Å²) in [7, 11) is 0. The lowest BCUT2D eigenvalue weighted by molar-refractivity contribution is 1.48. The summed E-state index contributed by atoms with van der Waals surface area (Å²) in [6.45, 7) is 7.82. The van der Waals surface area contributed by atoms with E-state index in [0.717, 1.165) is 5.71 Å². The summed E-state index contributed by atoms with van der Waals surface area (Å²) in [5.41, 5.74) is 0.949. The molecule has 0 aromatic rings. The van der Waals surface area contributed by atoms with Gasteiger partial charge >= 0.3 is 0 Å². The predicted molar refractivity (Wildman–Crippen MR) is 59.9 cm³/mol. The molecule has 0 spiro atoms. The molecule has 0 aromatic heterocycles.